The molecule has 1 aromatic carbocycles. The molecule has 0 aliphatic rings. The molecule has 0 radical (unpaired) electrons. The van der Waals surface area contributed by atoms with Crippen molar-refractivity contribution in [2.24, 2.45) is 0 Å². The van der Waals surface area contributed by atoms with Crippen molar-refractivity contribution >= 4 is 34.8 Å². The summed E-state index contributed by atoms with van der Waals surface area (Å²) in [7, 11) is 0. The zero-order valence-corrected chi connectivity index (χ0v) is 10.8. The number of rotatable bonds is 4. The van der Waals surface area contributed by atoms with Gasteiger partial charge in [0.25, 0.3) is 5.69 Å². The first-order chi connectivity index (χ1) is 8.97. The minimum absolute atomic E-state index is 0.126. The Hall–Kier alpha value is -1.93. The summed E-state index contributed by atoms with van der Waals surface area (Å²) in [4.78, 5) is 21.7. The molecule has 2 rings (SSSR count). The van der Waals surface area contributed by atoms with Gasteiger partial charge in [-0.15, -0.1) is 11.3 Å². The van der Waals surface area contributed by atoms with Crippen LogP contribution >= 0.6 is 23.1 Å². The minimum Gasteiger partial charge on any atom is -0.477 e. The van der Waals surface area contributed by atoms with Crippen molar-refractivity contribution < 1.29 is 19.2 Å². The number of hydrogen-bond acceptors (Lipinski definition) is 5. The van der Waals surface area contributed by atoms with Gasteiger partial charge in [0, 0.05) is 16.3 Å². The second-order valence-corrected chi connectivity index (χ2v) is 5.45. The van der Waals surface area contributed by atoms with Gasteiger partial charge in [-0.05, 0) is 18.2 Å². The van der Waals surface area contributed by atoms with Crippen molar-refractivity contribution in [1.82, 2.24) is 0 Å². The molecule has 0 atom stereocenters. The molecule has 0 unspecified atom stereocenters. The lowest BCUT2D eigenvalue weighted by molar-refractivity contribution is -0.387. The Kier molecular flexibility index (Phi) is 3.82. The van der Waals surface area contributed by atoms with Crippen LogP contribution in [-0.4, -0.2) is 16.0 Å². The maximum Gasteiger partial charge on any atom is 0.345 e. The molecule has 19 heavy (non-hydrogen) atoms. The van der Waals surface area contributed by atoms with Gasteiger partial charge in [0.15, 0.2) is 0 Å². The Labute approximate surface area is 114 Å². The Balaban J connectivity index is 2.33. The van der Waals surface area contributed by atoms with Crippen LogP contribution in [0.4, 0.5) is 10.1 Å². The first kappa shape index (κ1) is 13.5. The van der Waals surface area contributed by atoms with Crippen LogP contribution in [0.15, 0.2) is 39.4 Å². The van der Waals surface area contributed by atoms with E-state index in [2.05, 4.69) is 0 Å². The predicted molar refractivity (Wildman–Crippen MR) is 68.5 cm³/mol. The van der Waals surface area contributed by atoms with Crippen LogP contribution in [0.1, 0.15) is 9.67 Å². The predicted octanol–water partition coefficient (Wildman–Crippen LogP) is 3.64. The third kappa shape index (κ3) is 3.09. The van der Waals surface area contributed by atoms with Gasteiger partial charge in [-0.1, -0.05) is 11.8 Å². The summed E-state index contributed by atoms with van der Waals surface area (Å²) in [6, 6.07) is 4.55. The lowest BCUT2D eigenvalue weighted by atomic mass is 10.3. The van der Waals surface area contributed by atoms with Gasteiger partial charge in [0.05, 0.1) is 9.82 Å². The minimum atomic E-state index is -1.06. The SMILES string of the molecule is O=C(O)c1cc(Sc2cc(F)ccc2[N+](=O)[O-])cs1. The first-order valence-electron chi connectivity index (χ1n) is 4.91. The molecule has 1 heterocycles. The maximum atomic E-state index is 13.1. The van der Waals surface area contributed by atoms with Gasteiger partial charge in [-0.2, -0.15) is 0 Å². The van der Waals surface area contributed by atoms with Crippen LogP contribution in [0.25, 0.3) is 0 Å². The van der Waals surface area contributed by atoms with E-state index in [0.717, 1.165) is 41.3 Å². The van der Waals surface area contributed by atoms with E-state index in [0.29, 0.717) is 4.90 Å². The molecular formula is C11H6FNO4S2. The van der Waals surface area contributed by atoms with Gasteiger partial charge in [0.1, 0.15) is 10.7 Å². The lowest BCUT2D eigenvalue weighted by Gasteiger charge is -2.01. The largest absolute Gasteiger partial charge is 0.477 e. The number of thiophene rings is 1. The third-order valence-electron chi connectivity index (χ3n) is 2.13. The van der Waals surface area contributed by atoms with Crippen molar-refractivity contribution in [1.29, 1.82) is 0 Å². The number of nitrogens with zero attached hydrogens (tertiary/aromatic N) is 1. The highest BCUT2D eigenvalue weighted by Gasteiger charge is 2.17. The summed E-state index contributed by atoms with van der Waals surface area (Å²) in [5, 5.41) is 21.2. The lowest BCUT2D eigenvalue weighted by Crippen LogP contribution is -1.91. The normalized spacial score (nSPS) is 10.4. The molecule has 1 aromatic heterocycles. The molecule has 0 spiro atoms. The van der Waals surface area contributed by atoms with Gasteiger partial charge < -0.3 is 5.11 Å². The summed E-state index contributed by atoms with van der Waals surface area (Å²) >= 11 is 1.97. The Morgan fingerprint density at radius 3 is 2.74 bits per heavy atom. The van der Waals surface area contributed by atoms with E-state index in [1.807, 2.05) is 0 Å². The second kappa shape index (κ2) is 5.37. The van der Waals surface area contributed by atoms with Crippen LogP contribution in [0.5, 0.6) is 0 Å². The number of halogens is 1. The Morgan fingerprint density at radius 1 is 1.42 bits per heavy atom. The zero-order valence-electron chi connectivity index (χ0n) is 9.20. The van der Waals surface area contributed by atoms with Crippen molar-refractivity contribution in [3.8, 4) is 0 Å². The fourth-order valence-corrected chi connectivity index (χ4v) is 3.20. The van der Waals surface area contributed by atoms with Gasteiger partial charge >= 0.3 is 5.97 Å². The number of nitro benzene ring substituents is 1. The molecule has 5 nitrogen and oxygen atoms in total. The molecule has 1 N–H and O–H groups in total. The van der Waals surface area contributed by atoms with Crippen molar-refractivity contribution in [2.45, 2.75) is 9.79 Å². The van der Waals surface area contributed by atoms with Crippen LogP contribution < -0.4 is 0 Å². The molecule has 0 bridgehead atoms. The number of carboxylic acid groups (broad SMARTS) is 1. The van der Waals surface area contributed by atoms with Gasteiger partial charge in [-0.3, -0.25) is 10.1 Å². The molecule has 0 saturated carbocycles. The molecule has 0 fully saturated rings. The quantitative estimate of drug-likeness (QED) is 0.688. The second-order valence-electron chi connectivity index (χ2n) is 3.42. The highest BCUT2D eigenvalue weighted by Crippen LogP contribution is 2.37. The first-order valence-corrected chi connectivity index (χ1v) is 6.60. The van der Waals surface area contributed by atoms with E-state index in [-0.39, 0.29) is 15.5 Å². The number of benzene rings is 1. The average Bonchev–Trinajstić information content (AvgIpc) is 2.77. The highest BCUT2D eigenvalue weighted by atomic mass is 32.2. The third-order valence-corrected chi connectivity index (χ3v) is 4.22. The number of carbonyl (C=O) groups is 1. The number of hydrogen-bond donors (Lipinski definition) is 1. The van der Waals surface area contributed by atoms with Gasteiger partial charge in [0.2, 0.25) is 0 Å². The fraction of sp³-hybridized carbons (Fsp3) is 0. The molecule has 0 amide bonds. The summed E-state index contributed by atoms with van der Waals surface area (Å²) in [6.45, 7) is 0. The smallest absolute Gasteiger partial charge is 0.345 e. The van der Waals surface area contributed by atoms with Crippen LogP contribution in [0, 0.1) is 15.9 Å². The van der Waals surface area contributed by atoms with Crippen LogP contribution in [0.3, 0.4) is 0 Å². The van der Waals surface area contributed by atoms with Crippen molar-refractivity contribution in [3.05, 3.63) is 50.5 Å². The van der Waals surface area contributed by atoms with E-state index in [9.17, 15) is 19.3 Å². The van der Waals surface area contributed by atoms with Gasteiger partial charge in [-0.25, -0.2) is 9.18 Å². The van der Waals surface area contributed by atoms with Crippen molar-refractivity contribution in [2.75, 3.05) is 0 Å². The Bertz CT molecular complexity index is 656. The number of carboxylic acids is 1. The average molecular weight is 299 g/mol. The Morgan fingerprint density at radius 2 is 2.16 bits per heavy atom. The molecule has 0 saturated heterocycles. The number of aromatic carboxylic acids is 1. The molecular weight excluding hydrogens is 293 g/mol. The standard InChI is InChI=1S/C11H6FNO4S2/c12-6-1-2-8(13(16)17)9(3-6)19-7-4-10(11(14)15)18-5-7/h1-5H,(H,14,15). The molecule has 0 aliphatic heterocycles. The maximum absolute atomic E-state index is 13.1. The van der Waals surface area contributed by atoms with E-state index in [4.69, 9.17) is 5.11 Å². The van der Waals surface area contributed by atoms with E-state index >= 15 is 0 Å². The monoisotopic (exact) mass is 299 g/mol. The fourth-order valence-electron chi connectivity index (χ4n) is 1.33. The molecule has 98 valence electrons. The highest BCUT2D eigenvalue weighted by molar-refractivity contribution is 7.99. The topological polar surface area (TPSA) is 80.4 Å². The van der Waals surface area contributed by atoms with Crippen LogP contribution in [-0.2, 0) is 0 Å². The summed E-state index contributed by atoms with van der Waals surface area (Å²) in [5.74, 6) is -1.65. The molecule has 8 heteroatoms. The molecule has 2 aromatic rings. The van der Waals surface area contributed by atoms with Crippen LogP contribution in [0.2, 0.25) is 0 Å². The summed E-state index contributed by atoms with van der Waals surface area (Å²) in [6.07, 6.45) is 0. The van der Waals surface area contributed by atoms with Crippen molar-refractivity contribution in [3.63, 3.8) is 0 Å². The summed E-state index contributed by atoms with van der Waals surface area (Å²) in [5.41, 5.74) is -0.213. The van der Waals surface area contributed by atoms with E-state index in [1.165, 1.54) is 6.07 Å². The molecule has 0 aliphatic carbocycles. The van der Waals surface area contributed by atoms with E-state index < -0.39 is 16.7 Å². The summed E-state index contributed by atoms with van der Waals surface area (Å²) < 4.78 is 13.1. The zero-order chi connectivity index (χ0) is 14.0. The number of nitro groups is 1. The van der Waals surface area contributed by atoms with E-state index in [1.54, 1.807) is 5.38 Å².